The molecule has 4 rings (SSSR count). The summed E-state index contributed by atoms with van der Waals surface area (Å²) < 4.78 is 7.71. The molecular formula is C17H16ClN5O2S. The maximum atomic E-state index is 12.3. The lowest BCUT2D eigenvalue weighted by atomic mass is 10.3. The number of nitrogens with zero attached hydrogens (tertiary/aromatic N) is 4. The average Bonchev–Trinajstić information content (AvgIpc) is 3.36. The van der Waals surface area contributed by atoms with Crippen molar-refractivity contribution in [2.45, 2.75) is 32.5 Å². The average molecular weight is 390 g/mol. The summed E-state index contributed by atoms with van der Waals surface area (Å²) in [5.74, 6) is 2.25. The van der Waals surface area contributed by atoms with Crippen LogP contribution in [0.3, 0.4) is 0 Å². The summed E-state index contributed by atoms with van der Waals surface area (Å²) in [7, 11) is 0. The van der Waals surface area contributed by atoms with E-state index in [1.807, 2.05) is 0 Å². The molecular weight excluding hydrogens is 374 g/mol. The molecule has 3 heterocycles. The topological polar surface area (TPSA) is 81.9 Å². The molecule has 0 fully saturated rings. The fourth-order valence-electron chi connectivity index (χ4n) is 2.75. The molecule has 0 bridgehead atoms. The fraction of sp³-hybridized carbons (Fsp3) is 0.294. The van der Waals surface area contributed by atoms with Crippen molar-refractivity contribution in [3.63, 3.8) is 0 Å². The van der Waals surface area contributed by atoms with E-state index in [-0.39, 0.29) is 5.91 Å². The van der Waals surface area contributed by atoms with Crippen LogP contribution in [0.4, 0.5) is 0 Å². The summed E-state index contributed by atoms with van der Waals surface area (Å²) in [5.41, 5.74) is 0.380. The summed E-state index contributed by atoms with van der Waals surface area (Å²) in [5, 5.41) is 14.2. The molecule has 9 heteroatoms. The van der Waals surface area contributed by atoms with Gasteiger partial charge in [0.15, 0.2) is 5.82 Å². The molecule has 0 aliphatic carbocycles. The number of aryl methyl sites for hydroxylation is 1. The van der Waals surface area contributed by atoms with Gasteiger partial charge in [-0.05, 0) is 30.7 Å². The maximum absolute atomic E-state index is 12.3. The van der Waals surface area contributed by atoms with Crippen molar-refractivity contribution in [1.29, 1.82) is 0 Å². The standard InChI is InChI=1S/C17H16ClN5O2S/c18-11-3-5-12(6-4-11)25-9-16-20-13(10-26-16)17(24)19-8-15-22-21-14-2-1-7-23(14)15/h3-6,10H,1-2,7-9H2,(H,19,24). The first-order valence-corrected chi connectivity index (χ1v) is 9.47. The van der Waals surface area contributed by atoms with Gasteiger partial charge in [0.1, 0.15) is 28.9 Å². The monoisotopic (exact) mass is 389 g/mol. The van der Waals surface area contributed by atoms with Crippen molar-refractivity contribution in [3.8, 4) is 5.75 Å². The van der Waals surface area contributed by atoms with Crippen LogP contribution in [0, 0.1) is 0 Å². The Bertz CT molecular complexity index is 922. The van der Waals surface area contributed by atoms with Crippen molar-refractivity contribution >= 4 is 28.8 Å². The predicted octanol–water partition coefficient (Wildman–Crippen LogP) is 2.84. The number of carbonyl (C=O) groups is 1. The number of thiazole rings is 1. The lowest BCUT2D eigenvalue weighted by molar-refractivity contribution is 0.0945. The van der Waals surface area contributed by atoms with Gasteiger partial charge in [0.2, 0.25) is 0 Å². The van der Waals surface area contributed by atoms with Crippen molar-refractivity contribution < 1.29 is 9.53 Å². The molecule has 1 aromatic carbocycles. The molecule has 0 saturated heterocycles. The molecule has 0 atom stereocenters. The Morgan fingerprint density at radius 1 is 1.31 bits per heavy atom. The number of fused-ring (bicyclic) bond motifs is 1. The Labute approximate surface area is 159 Å². The van der Waals surface area contributed by atoms with E-state index in [1.165, 1.54) is 11.3 Å². The summed E-state index contributed by atoms with van der Waals surface area (Å²) >= 11 is 7.23. The van der Waals surface area contributed by atoms with Crippen LogP contribution in [0.5, 0.6) is 5.75 Å². The quantitative estimate of drug-likeness (QED) is 0.701. The van der Waals surface area contributed by atoms with E-state index in [0.717, 1.165) is 36.0 Å². The lowest BCUT2D eigenvalue weighted by Gasteiger charge is -2.04. The normalized spacial score (nSPS) is 12.8. The van der Waals surface area contributed by atoms with Crippen molar-refractivity contribution in [1.82, 2.24) is 25.1 Å². The molecule has 1 N–H and O–H groups in total. The third-order valence-corrected chi connectivity index (χ3v) is 5.13. The van der Waals surface area contributed by atoms with Crippen molar-refractivity contribution in [2.75, 3.05) is 0 Å². The number of hydrogen-bond acceptors (Lipinski definition) is 6. The van der Waals surface area contributed by atoms with Crippen LogP contribution in [0.15, 0.2) is 29.6 Å². The Kier molecular flexibility index (Phi) is 4.85. The second-order valence-corrected chi connectivity index (χ2v) is 7.22. The van der Waals surface area contributed by atoms with Crippen LogP contribution in [0.2, 0.25) is 5.02 Å². The van der Waals surface area contributed by atoms with Crippen LogP contribution in [0.25, 0.3) is 0 Å². The van der Waals surface area contributed by atoms with E-state index in [4.69, 9.17) is 16.3 Å². The maximum Gasteiger partial charge on any atom is 0.271 e. The number of carbonyl (C=O) groups excluding carboxylic acids is 1. The van der Waals surface area contributed by atoms with E-state index in [2.05, 4.69) is 25.1 Å². The highest BCUT2D eigenvalue weighted by molar-refractivity contribution is 7.09. The first-order valence-electron chi connectivity index (χ1n) is 8.21. The number of aromatic nitrogens is 4. The molecule has 0 spiro atoms. The fourth-order valence-corrected chi connectivity index (χ4v) is 3.56. The van der Waals surface area contributed by atoms with E-state index in [9.17, 15) is 4.79 Å². The predicted molar refractivity (Wildman–Crippen MR) is 97.4 cm³/mol. The van der Waals surface area contributed by atoms with Crippen LogP contribution in [-0.4, -0.2) is 25.7 Å². The summed E-state index contributed by atoms with van der Waals surface area (Å²) in [6, 6.07) is 7.11. The van der Waals surface area contributed by atoms with E-state index in [1.54, 1.807) is 29.6 Å². The Morgan fingerprint density at radius 3 is 3.00 bits per heavy atom. The third kappa shape index (κ3) is 3.71. The smallest absolute Gasteiger partial charge is 0.271 e. The molecule has 1 amide bonds. The van der Waals surface area contributed by atoms with Gasteiger partial charge in [0.05, 0.1) is 6.54 Å². The minimum Gasteiger partial charge on any atom is -0.486 e. The molecule has 1 aliphatic heterocycles. The zero-order valence-corrected chi connectivity index (χ0v) is 15.4. The van der Waals surface area contributed by atoms with Gasteiger partial charge in [-0.2, -0.15) is 0 Å². The number of nitrogens with one attached hydrogen (secondary N) is 1. The van der Waals surface area contributed by atoms with Gasteiger partial charge in [0, 0.05) is 23.4 Å². The van der Waals surface area contributed by atoms with Gasteiger partial charge >= 0.3 is 0 Å². The van der Waals surface area contributed by atoms with Crippen LogP contribution >= 0.6 is 22.9 Å². The minimum atomic E-state index is -0.227. The van der Waals surface area contributed by atoms with E-state index < -0.39 is 0 Å². The summed E-state index contributed by atoms with van der Waals surface area (Å²) in [6.07, 6.45) is 2.03. The Balaban J connectivity index is 1.32. The van der Waals surface area contributed by atoms with Gasteiger partial charge in [-0.15, -0.1) is 21.5 Å². The zero-order chi connectivity index (χ0) is 17.9. The minimum absolute atomic E-state index is 0.227. The molecule has 0 radical (unpaired) electrons. The summed E-state index contributed by atoms with van der Waals surface area (Å²) in [6.45, 7) is 1.56. The van der Waals surface area contributed by atoms with E-state index >= 15 is 0 Å². The van der Waals surface area contributed by atoms with Crippen molar-refractivity contribution in [3.05, 3.63) is 57.0 Å². The lowest BCUT2D eigenvalue weighted by Crippen LogP contribution is -2.25. The highest BCUT2D eigenvalue weighted by Crippen LogP contribution is 2.18. The molecule has 0 saturated carbocycles. The number of hydrogen-bond donors (Lipinski definition) is 1. The van der Waals surface area contributed by atoms with Gasteiger partial charge in [-0.1, -0.05) is 11.6 Å². The van der Waals surface area contributed by atoms with Crippen molar-refractivity contribution in [2.24, 2.45) is 0 Å². The van der Waals surface area contributed by atoms with Gasteiger partial charge in [0.25, 0.3) is 5.91 Å². The van der Waals surface area contributed by atoms with Crippen LogP contribution in [0.1, 0.15) is 33.6 Å². The van der Waals surface area contributed by atoms with E-state index in [0.29, 0.717) is 29.6 Å². The van der Waals surface area contributed by atoms with Crippen LogP contribution in [-0.2, 0) is 26.1 Å². The second kappa shape index (κ2) is 7.43. The largest absolute Gasteiger partial charge is 0.486 e. The number of benzene rings is 1. The SMILES string of the molecule is O=C(NCc1nnc2n1CCC2)c1csc(COc2ccc(Cl)cc2)n1. The molecule has 7 nitrogen and oxygen atoms in total. The Hall–Kier alpha value is -2.45. The van der Waals surface area contributed by atoms with Crippen LogP contribution < -0.4 is 10.1 Å². The third-order valence-electron chi connectivity index (χ3n) is 4.05. The number of ether oxygens (including phenoxy) is 1. The molecule has 3 aromatic rings. The molecule has 0 unspecified atom stereocenters. The number of halogens is 1. The number of amides is 1. The highest BCUT2D eigenvalue weighted by Gasteiger charge is 2.18. The molecule has 1 aliphatic rings. The molecule has 134 valence electrons. The molecule has 2 aromatic heterocycles. The first-order chi connectivity index (χ1) is 12.7. The summed E-state index contributed by atoms with van der Waals surface area (Å²) in [4.78, 5) is 16.6. The second-order valence-electron chi connectivity index (χ2n) is 5.84. The van der Waals surface area contributed by atoms with Gasteiger partial charge in [-0.3, -0.25) is 4.79 Å². The first kappa shape index (κ1) is 17.0. The molecule has 26 heavy (non-hydrogen) atoms. The van der Waals surface area contributed by atoms with Gasteiger partial charge < -0.3 is 14.6 Å². The zero-order valence-electron chi connectivity index (χ0n) is 13.8. The Morgan fingerprint density at radius 2 is 2.15 bits per heavy atom. The van der Waals surface area contributed by atoms with Gasteiger partial charge in [-0.25, -0.2) is 4.98 Å². The highest BCUT2D eigenvalue weighted by atomic mass is 35.5. The number of rotatable bonds is 6.